The minimum Gasteiger partial charge on any atom is -0.493 e. The van der Waals surface area contributed by atoms with E-state index in [4.69, 9.17) is 4.74 Å². The van der Waals surface area contributed by atoms with Crippen molar-refractivity contribution in [1.82, 2.24) is 0 Å². The van der Waals surface area contributed by atoms with Crippen molar-refractivity contribution >= 4 is 0 Å². The number of hydrogen-bond donors (Lipinski definition) is 0. The second kappa shape index (κ2) is 3.65. The van der Waals surface area contributed by atoms with Gasteiger partial charge in [-0.25, -0.2) is 0 Å². The Morgan fingerprint density at radius 3 is 3.14 bits per heavy atom. The molecule has 0 aliphatic carbocycles. The van der Waals surface area contributed by atoms with Crippen LogP contribution in [-0.2, 0) is 12.8 Å². The quantitative estimate of drug-likeness (QED) is 0.539. The number of ether oxygens (including phenoxy) is 1. The summed E-state index contributed by atoms with van der Waals surface area (Å²) in [4.78, 5) is 9.94. The summed E-state index contributed by atoms with van der Waals surface area (Å²) >= 11 is 0. The highest BCUT2D eigenvalue weighted by Gasteiger charge is 2.16. The third kappa shape index (κ3) is 1.69. The first-order chi connectivity index (χ1) is 6.77. The predicted molar refractivity (Wildman–Crippen MR) is 51.2 cm³/mol. The highest BCUT2D eigenvalue weighted by Crippen LogP contribution is 2.29. The minimum atomic E-state index is -0.297. The normalized spacial score (nSPS) is 13.4. The molecule has 0 bridgehead atoms. The SMILES string of the molecule is O=[N+]([O-])CCc1cccc2c1OCC2. The zero-order valence-electron chi connectivity index (χ0n) is 7.73. The van der Waals surface area contributed by atoms with Crippen molar-refractivity contribution in [3.05, 3.63) is 39.4 Å². The van der Waals surface area contributed by atoms with E-state index in [1.807, 2.05) is 18.2 Å². The van der Waals surface area contributed by atoms with Gasteiger partial charge in [-0.1, -0.05) is 18.2 Å². The number of nitrogens with zero attached hydrogens (tertiary/aromatic N) is 1. The third-order valence-corrected chi connectivity index (χ3v) is 2.36. The number of nitro groups is 1. The Kier molecular flexibility index (Phi) is 2.35. The lowest BCUT2D eigenvalue weighted by Gasteiger charge is -2.04. The van der Waals surface area contributed by atoms with Gasteiger partial charge in [0.1, 0.15) is 5.75 Å². The van der Waals surface area contributed by atoms with Crippen LogP contribution < -0.4 is 4.74 Å². The van der Waals surface area contributed by atoms with E-state index < -0.39 is 0 Å². The van der Waals surface area contributed by atoms with E-state index in [0.717, 1.165) is 17.7 Å². The van der Waals surface area contributed by atoms with Crippen LogP contribution in [0.3, 0.4) is 0 Å². The average molecular weight is 193 g/mol. The van der Waals surface area contributed by atoms with E-state index in [0.29, 0.717) is 13.0 Å². The fourth-order valence-electron chi connectivity index (χ4n) is 1.69. The number of hydrogen-bond acceptors (Lipinski definition) is 3. The van der Waals surface area contributed by atoms with Crippen molar-refractivity contribution < 1.29 is 9.66 Å². The molecule has 0 atom stereocenters. The summed E-state index contributed by atoms with van der Waals surface area (Å²) in [5.41, 5.74) is 2.13. The molecule has 0 spiro atoms. The van der Waals surface area contributed by atoms with E-state index in [1.54, 1.807) is 0 Å². The summed E-state index contributed by atoms with van der Waals surface area (Å²) in [5.74, 6) is 0.870. The zero-order valence-corrected chi connectivity index (χ0v) is 7.73. The summed E-state index contributed by atoms with van der Waals surface area (Å²) in [6.07, 6.45) is 1.37. The molecule has 1 aliphatic rings. The van der Waals surface area contributed by atoms with Crippen LogP contribution in [0.2, 0.25) is 0 Å². The highest BCUT2D eigenvalue weighted by molar-refractivity contribution is 5.43. The van der Waals surface area contributed by atoms with Gasteiger partial charge in [-0.3, -0.25) is 10.1 Å². The van der Waals surface area contributed by atoms with Crippen molar-refractivity contribution in [2.45, 2.75) is 12.8 Å². The molecule has 0 saturated carbocycles. The monoisotopic (exact) mass is 193 g/mol. The summed E-state index contributed by atoms with van der Waals surface area (Å²) in [5, 5.41) is 10.2. The molecule has 14 heavy (non-hydrogen) atoms. The summed E-state index contributed by atoms with van der Waals surface area (Å²) < 4.78 is 5.44. The lowest BCUT2D eigenvalue weighted by atomic mass is 10.1. The van der Waals surface area contributed by atoms with Crippen LogP contribution in [0, 0.1) is 10.1 Å². The summed E-state index contributed by atoms with van der Waals surface area (Å²) in [7, 11) is 0. The van der Waals surface area contributed by atoms with Crippen LogP contribution in [0.1, 0.15) is 11.1 Å². The fourth-order valence-corrected chi connectivity index (χ4v) is 1.69. The molecule has 4 heteroatoms. The number of benzene rings is 1. The first-order valence-electron chi connectivity index (χ1n) is 4.63. The number of fused-ring (bicyclic) bond motifs is 1. The predicted octanol–water partition coefficient (Wildman–Crippen LogP) is 1.44. The van der Waals surface area contributed by atoms with E-state index >= 15 is 0 Å². The first kappa shape index (κ1) is 8.99. The third-order valence-electron chi connectivity index (χ3n) is 2.36. The van der Waals surface area contributed by atoms with Gasteiger partial charge in [-0.2, -0.15) is 0 Å². The van der Waals surface area contributed by atoms with Gasteiger partial charge in [0.05, 0.1) is 6.61 Å². The van der Waals surface area contributed by atoms with Crippen molar-refractivity contribution in [3.63, 3.8) is 0 Å². The van der Waals surface area contributed by atoms with Crippen molar-refractivity contribution in [3.8, 4) is 5.75 Å². The maximum atomic E-state index is 10.2. The Balaban J connectivity index is 2.17. The van der Waals surface area contributed by atoms with Gasteiger partial charge >= 0.3 is 0 Å². The molecule has 0 amide bonds. The van der Waals surface area contributed by atoms with Gasteiger partial charge in [0.15, 0.2) is 0 Å². The largest absolute Gasteiger partial charge is 0.493 e. The molecule has 2 rings (SSSR count). The molecule has 0 N–H and O–H groups in total. The van der Waals surface area contributed by atoms with Crippen LogP contribution in [0.25, 0.3) is 0 Å². The van der Waals surface area contributed by atoms with E-state index in [9.17, 15) is 10.1 Å². The van der Waals surface area contributed by atoms with Crippen LogP contribution in [0.5, 0.6) is 5.75 Å². The smallest absolute Gasteiger partial charge is 0.208 e. The summed E-state index contributed by atoms with van der Waals surface area (Å²) in [6, 6.07) is 5.84. The van der Waals surface area contributed by atoms with Crippen LogP contribution in [0.4, 0.5) is 0 Å². The Labute approximate surface area is 81.7 Å². The standard InChI is InChI=1S/C10H11NO3/c12-11(13)6-4-8-2-1-3-9-5-7-14-10(8)9/h1-3H,4-7H2. The molecule has 1 aromatic carbocycles. The van der Waals surface area contributed by atoms with Crippen molar-refractivity contribution in [2.75, 3.05) is 13.2 Å². The Morgan fingerprint density at radius 2 is 2.36 bits per heavy atom. The Morgan fingerprint density at radius 1 is 1.50 bits per heavy atom. The topological polar surface area (TPSA) is 52.4 Å². The molecular weight excluding hydrogens is 182 g/mol. The fraction of sp³-hybridized carbons (Fsp3) is 0.400. The van der Waals surface area contributed by atoms with Crippen molar-refractivity contribution in [2.24, 2.45) is 0 Å². The number of para-hydroxylation sites is 1. The van der Waals surface area contributed by atoms with E-state index in [2.05, 4.69) is 0 Å². The first-order valence-corrected chi connectivity index (χ1v) is 4.63. The summed E-state index contributed by atoms with van der Waals surface area (Å²) in [6.45, 7) is 0.671. The average Bonchev–Trinajstić information content (AvgIpc) is 2.62. The molecule has 1 aliphatic heterocycles. The van der Waals surface area contributed by atoms with Crippen LogP contribution in [0.15, 0.2) is 18.2 Å². The molecule has 4 nitrogen and oxygen atoms in total. The molecule has 0 unspecified atom stereocenters. The number of rotatable bonds is 3. The Hall–Kier alpha value is -1.58. The van der Waals surface area contributed by atoms with Gasteiger partial charge in [0.25, 0.3) is 0 Å². The van der Waals surface area contributed by atoms with Crippen molar-refractivity contribution in [1.29, 1.82) is 0 Å². The molecule has 1 heterocycles. The molecule has 74 valence electrons. The maximum absolute atomic E-state index is 10.2. The van der Waals surface area contributed by atoms with E-state index in [1.165, 1.54) is 5.56 Å². The van der Waals surface area contributed by atoms with Gasteiger partial charge in [-0.15, -0.1) is 0 Å². The molecular formula is C10H11NO3. The Bertz CT molecular complexity index is 362. The second-order valence-electron chi connectivity index (χ2n) is 3.31. The van der Waals surface area contributed by atoms with Gasteiger partial charge in [0, 0.05) is 23.3 Å². The maximum Gasteiger partial charge on any atom is 0.208 e. The zero-order chi connectivity index (χ0) is 9.97. The van der Waals surface area contributed by atoms with Crippen LogP contribution in [-0.4, -0.2) is 18.1 Å². The molecule has 1 aromatic rings. The van der Waals surface area contributed by atoms with Gasteiger partial charge in [-0.05, 0) is 5.56 Å². The van der Waals surface area contributed by atoms with Gasteiger partial charge < -0.3 is 4.74 Å². The molecule has 0 fully saturated rings. The highest BCUT2D eigenvalue weighted by atomic mass is 16.6. The van der Waals surface area contributed by atoms with Gasteiger partial charge in [0.2, 0.25) is 6.54 Å². The minimum absolute atomic E-state index is 0.0280. The lowest BCUT2D eigenvalue weighted by molar-refractivity contribution is -0.479. The second-order valence-corrected chi connectivity index (χ2v) is 3.31. The molecule has 0 aromatic heterocycles. The van der Waals surface area contributed by atoms with E-state index in [-0.39, 0.29) is 11.5 Å². The molecule has 0 saturated heterocycles. The molecule has 0 radical (unpaired) electrons. The van der Waals surface area contributed by atoms with Crippen LogP contribution >= 0.6 is 0 Å². The lowest BCUT2D eigenvalue weighted by Crippen LogP contribution is -2.04.